The van der Waals surface area contributed by atoms with Gasteiger partial charge in [0, 0.05) is 24.7 Å². The molecule has 1 aliphatic heterocycles. The number of carbonyl (C=O) groups is 2. The Labute approximate surface area is 159 Å². The van der Waals surface area contributed by atoms with E-state index in [2.05, 4.69) is 10.3 Å². The Hall–Kier alpha value is -2.97. The van der Waals surface area contributed by atoms with Gasteiger partial charge >= 0.3 is 0 Å². The van der Waals surface area contributed by atoms with Gasteiger partial charge in [0.2, 0.25) is 5.91 Å². The Kier molecular flexibility index (Phi) is 4.99. The van der Waals surface area contributed by atoms with Gasteiger partial charge in [0.1, 0.15) is 5.76 Å². The number of morpholine rings is 1. The van der Waals surface area contributed by atoms with Crippen molar-refractivity contribution in [2.75, 3.05) is 31.6 Å². The van der Waals surface area contributed by atoms with Crippen LogP contribution in [0.2, 0.25) is 0 Å². The smallest absolute Gasteiger partial charge is 0.254 e. The molecule has 0 spiro atoms. The highest BCUT2D eigenvalue weighted by Crippen LogP contribution is 2.27. The molecule has 7 nitrogen and oxygen atoms in total. The number of ether oxygens (including phenoxy) is 1. The van der Waals surface area contributed by atoms with Crippen molar-refractivity contribution in [2.24, 2.45) is 0 Å². The first-order valence-electron chi connectivity index (χ1n) is 8.49. The first-order valence-corrected chi connectivity index (χ1v) is 9.31. The monoisotopic (exact) mass is 383 g/mol. The minimum Gasteiger partial charge on any atom is -0.465 e. The normalized spacial score (nSPS) is 14.7. The van der Waals surface area contributed by atoms with Gasteiger partial charge in [0.05, 0.1) is 29.7 Å². The van der Waals surface area contributed by atoms with Crippen LogP contribution in [-0.2, 0) is 9.53 Å². The van der Waals surface area contributed by atoms with Crippen LogP contribution < -0.4 is 5.32 Å². The molecule has 3 aromatic rings. The van der Waals surface area contributed by atoms with Crippen molar-refractivity contribution in [1.29, 1.82) is 0 Å². The van der Waals surface area contributed by atoms with E-state index in [1.54, 1.807) is 41.5 Å². The zero-order valence-electron chi connectivity index (χ0n) is 14.4. The number of nitrogens with one attached hydrogen (secondary N) is 1. The van der Waals surface area contributed by atoms with Crippen molar-refractivity contribution in [2.45, 2.75) is 0 Å². The summed E-state index contributed by atoms with van der Waals surface area (Å²) in [5.41, 5.74) is 1.35. The highest BCUT2D eigenvalue weighted by Gasteiger charge is 2.19. The molecule has 2 amide bonds. The largest absolute Gasteiger partial charge is 0.465 e. The van der Waals surface area contributed by atoms with Crippen LogP contribution in [0.3, 0.4) is 0 Å². The molecular weight excluding hydrogens is 366 g/mol. The topological polar surface area (TPSA) is 84.7 Å². The summed E-state index contributed by atoms with van der Waals surface area (Å²) < 4.78 is 11.3. The summed E-state index contributed by atoms with van der Waals surface area (Å²) in [6.45, 7) is 2.33. The molecule has 0 radical (unpaired) electrons. The molecule has 138 valence electrons. The lowest BCUT2D eigenvalue weighted by Gasteiger charge is -2.26. The van der Waals surface area contributed by atoms with E-state index < -0.39 is 0 Å². The number of hydrogen-bond acceptors (Lipinski definition) is 6. The van der Waals surface area contributed by atoms with E-state index in [9.17, 15) is 9.59 Å². The van der Waals surface area contributed by atoms with Crippen molar-refractivity contribution >= 4 is 44.6 Å². The fraction of sp³-hybridized carbons (Fsp3) is 0.211. The fourth-order valence-corrected chi connectivity index (χ4v) is 3.66. The van der Waals surface area contributed by atoms with Crippen molar-refractivity contribution in [3.63, 3.8) is 0 Å². The van der Waals surface area contributed by atoms with Crippen molar-refractivity contribution in [1.82, 2.24) is 9.88 Å². The van der Waals surface area contributed by atoms with Crippen LogP contribution in [0.25, 0.3) is 16.3 Å². The SMILES string of the molecule is O=C(/C=C/c1ccco1)Nc1nc2ccc(C(=O)N3CCOCC3)cc2s1. The maximum atomic E-state index is 12.6. The molecule has 4 rings (SSSR count). The average molecular weight is 383 g/mol. The number of thiazole rings is 1. The summed E-state index contributed by atoms with van der Waals surface area (Å²) in [6.07, 6.45) is 4.51. The van der Waals surface area contributed by atoms with E-state index in [-0.39, 0.29) is 11.8 Å². The van der Waals surface area contributed by atoms with Gasteiger partial charge in [-0.1, -0.05) is 11.3 Å². The summed E-state index contributed by atoms with van der Waals surface area (Å²) >= 11 is 1.33. The number of nitrogens with zero attached hydrogens (tertiary/aromatic N) is 2. The van der Waals surface area contributed by atoms with Crippen molar-refractivity contribution in [3.05, 3.63) is 54.0 Å². The lowest BCUT2D eigenvalue weighted by molar-refractivity contribution is -0.111. The molecule has 1 saturated heterocycles. The third kappa shape index (κ3) is 4.07. The molecule has 0 atom stereocenters. The first kappa shape index (κ1) is 17.4. The van der Waals surface area contributed by atoms with Crippen LogP contribution in [-0.4, -0.2) is 48.0 Å². The van der Waals surface area contributed by atoms with E-state index >= 15 is 0 Å². The second kappa shape index (κ2) is 7.73. The molecule has 3 heterocycles. The molecule has 0 saturated carbocycles. The molecule has 1 fully saturated rings. The maximum absolute atomic E-state index is 12.6. The van der Waals surface area contributed by atoms with E-state index in [4.69, 9.17) is 9.15 Å². The van der Waals surface area contributed by atoms with Gasteiger partial charge in [0.15, 0.2) is 5.13 Å². The quantitative estimate of drug-likeness (QED) is 0.700. The van der Waals surface area contributed by atoms with Gasteiger partial charge in [-0.2, -0.15) is 0 Å². The Morgan fingerprint density at radius 2 is 2.07 bits per heavy atom. The summed E-state index contributed by atoms with van der Waals surface area (Å²) in [5, 5.41) is 3.22. The number of amides is 2. The van der Waals surface area contributed by atoms with E-state index in [1.807, 2.05) is 6.07 Å². The summed E-state index contributed by atoms with van der Waals surface area (Å²) in [6, 6.07) is 8.89. The van der Waals surface area contributed by atoms with Gasteiger partial charge < -0.3 is 14.1 Å². The molecule has 27 heavy (non-hydrogen) atoms. The summed E-state index contributed by atoms with van der Waals surface area (Å²) in [5.74, 6) is 0.288. The Bertz CT molecular complexity index is 988. The summed E-state index contributed by atoms with van der Waals surface area (Å²) in [4.78, 5) is 30.8. The van der Waals surface area contributed by atoms with Crippen LogP contribution in [0.5, 0.6) is 0 Å². The molecule has 2 aromatic heterocycles. The van der Waals surface area contributed by atoms with Crippen molar-refractivity contribution < 1.29 is 18.7 Å². The number of hydrogen-bond donors (Lipinski definition) is 1. The Balaban J connectivity index is 1.47. The number of aromatic nitrogens is 1. The van der Waals surface area contributed by atoms with Crippen LogP contribution in [0.15, 0.2) is 47.1 Å². The molecule has 1 aliphatic rings. The minimum atomic E-state index is -0.296. The standard InChI is InChI=1S/C19H17N3O4S/c23-17(6-4-14-2-1-9-26-14)21-19-20-15-5-3-13(12-16(15)27-19)18(24)22-7-10-25-11-8-22/h1-6,9,12H,7-8,10-11H2,(H,20,21,23)/b6-4+. The number of fused-ring (bicyclic) bond motifs is 1. The second-order valence-corrected chi connectivity index (χ2v) is 6.97. The predicted molar refractivity (Wildman–Crippen MR) is 103 cm³/mol. The molecular formula is C19H17N3O4S. The van der Waals surface area contributed by atoms with E-state index in [1.165, 1.54) is 17.4 Å². The Morgan fingerprint density at radius 3 is 2.85 bits per heavy atom. The number of anilines is 1. The Morgan fingerprint density at radius 1 is 1.22 bits per heavy atom. The number of rotatable bonds is 4. The van der Waals surface area contributed by atoms with Crippen LogP contribution in [0, 0.1) is 0 Å². The van der Waals surface area contributed by atoms with Crippen LogP contribution >= 0.6 is 11.3 Å². The number of furan rings is 1. The molecule has 1 N–H and O–H groups in total. The third-order valence-electron chi connectivity index (χ3n) is 4.11. The minimum absolute atomic E-state index is 0.0134. The third-order valence-corrected chi connectivity index (χ3v) is 5.04. The molecule has 0 bridgehead atoms. The second-order valence-electron chi connectivity index (χ2n) is 5.94. The molecule has 0 aliphatic carbocycles. The molecule has 0 unspecified atom stereocenters. The molecule has 8 heteroatoms. The first-order chi connectivity index (χ1) is 13.2. The van der Waals surface area contributed by atoms with Crippen LogP contribution in [0.4, 0.5) is 5.13 Å². The van der Waals surface area contributed by atoms with Gasteiger partial charge in [0.25, 0.3) is 5.91 Å². The van der Waals surface area contributed by atoms with Gasteiger partial charge in [-0.25, -0.2) is 4.98 Å². The van der Waals surface area contributed by atoms with E-state index in [0.29, 0.717) is 42.8 Å². The summed E-state index contributed by atoms with van der Waals surface area (Å²) in [7, 11) is 0. The average Bonchev–Trinajstić information content (AvgIpc) is 3.35. The lowest BCUT2D eigenvalue weighted by atomic mass is 10.2. The molecule has 1 aromatic carbocycles. The fourth-order valence-electron chi connectivity index (χ4n) is 2.75. The van der Waals surface area contributed by atoms with Crippen molar-refractivity contribution in [3.8, 4) is 0 Å². The zero-order chi connectivity index (χ0) is 18.6. The maximum Gasteiger partial charge on any atom is 0.254 e. The van der Waals surface area contributed by atoms with Gasteiger partial charge in [-0.3, -0.25) is 14.9 Å². The zero-order valence-corrected chi connectivity index (χ0v) is 15.2. The number of benzene rings is 1. The highest BCUT2D eigenvalue weighted by molar-refractivity contribution is 7.22. The van der Waals surface area contributed by atoms with Crippen LogP contribution in [0.1, 0.15) is 16.1 Å². The highest BCUT2D eigenvalue weighted by atomic mass is 32.1. The van der Waals surface area contributed by atoms with Gasteiger partial charge in [-0.05, 0) is 36.4 Å². The lowest BCUT2D eigenvalue weighted by Crippen LogP contribution is -2.40. The van der Waals surface area contributed by atoms with Gasteiger partial charge in [-0.15, -0.1) is 0 Å². The van der Waals surface area contributed by atoms with E-state index in [0.717, 1.165) is 10.2 Å². The number of carbonyl (C=O) groups excluding carboxylic acids is 2. The predicted octanol–water partition coefficient (Wildman–Crippen LogP) is 3.01.